The summed E-state index contributed by atoms with van der Waals surface area (Å²) < 4.78 is 31.0. The second-order valence-corrected chi connectivity index (χ2v) is 17.5. The van der Waals surface area contributed by atoms with E-state index in [4.69, 9.17) is 28.4 Å². The summed E-state index contributed by atoms with van der Waals surface area (Å²) in [6.07, 6.45) is 27.9. The van der Waals surface area contributed by atoms with E-state index < -0.39 is 36.7 Å². The Kier molecular flexibility index (Phi) is 27.9. The van der Waals surface area contributed by atoms with Crippen LogP contribution in [0.5, 0.6) is 11.5 Å². The van der Waals surface area contributed by atoms with Crippen LogP contribution in [0.3, 0.4) is 0 Å². The average Bonchev–Trinajstić information content (AvgIpc) is 3.25. The summed E-state index contributed by atoms with van der Waals surface area (Å²) >= 11 is 0. The Morgan fingerprint density at radius 2 is 0.788 bits per heavy atom. The van der Waals surface area contributed by atoms with Gasteiger partial charge in [-0.15, -0.1) is 0 Å². The molecule has 0 radical (unpaired) electrons. The molecule has 0 saturated carbocycles. The minimum absolute atomic E-state index is 0.231. The number of carbonyl (C=O) groups excluding carboxylic acids is 4. The first-order chi connectivity index (χ1) is 31.5. The van der Waals surface area contributed by atoms with Crippen molar-refractivity contribution in [3.05, 3.63) is 117 Å². The van der Waals surface area contributed by atoms with Gasteiger partial charge >= 0.3 is 23.9 Å². The second-order valence-electron chi connectivity index (χ2n) is 17.5. The number of methoxy groups -OCH3 is 2. The largest absolute Gasteiger partial charge is 0.438 e. The van der Waals surface area contributed by atoms with E-state index in [1.54, 1.807) is 31.2 Å². The van der Waals surface area contributed by atoms with Crippen LogP contribution in [-0.4, -0.2) is 51.7 Å². The molecule has 2 aromatic carbocycles. The number of ether oxygens (including phenoxy) is 6. The monoisotopic (exact) mass is 911 g/mol. The maximum atomic E-state index is 13.1. The summed E-state index contributed by atoms with van der Waals surface area (Å²) in [6.45, 7) is 18.7. The Bertz CT molecular complexity index is 2120. The van der Waals surface area contributed by atoms with Gasteiger partial charge in [-0.1, -0.05) is 106 Å². The van der Waals surface area contributed by atoms with Gasteiger partial charge in [0.25, 0.3) is 0 Å². The molecular weight excluding hydrogens is 833 g/mol. The molecule has 0 spiro atoms. The molecule has 0 saturated heterocycles. The minimum Gasteiger partial charge on any atom is -0.438 e. The fourth-order valence-electron chi connectivity index (χ4n) is 7.14. The van der Waals surface area contributed by atoms with E-state index in [-0.39, 0.29) is 25.1 Å². The molecule has 0 aliphatic heterocycles. The third kappa shape index (κ3) is 23.7. The van der Waals surface area contributed by atoms with Crippen LogP contribution in [0.1, 0.15) is 156 Å². The molecule has 0 atom stereocenters. The molecule has 0 aliphatic rings. The summed E-state index contributed by atoms with van der Waals surface area (Å²) in [5.74, 6) is -2.74. The highest BCUT2D eigenvalue weighted by molar-refractivity contribution is 6.01. The van der Waals surface area contributed by atoms with Crippen molar-refractivity contribution < 1.29 is 47.6 Å². The van der Waals surface area contributed by atoms with Gasteiger partial charge in [-0.2, -0.15) is 0 Å². The molecule has 0 amide bonds. The Morgan fingerprint density at radius 3 is 1.15 bits per heavy atom. The molecule has 0 aliphatic carbocycles. The standard InChI is InChI=1S/C56H78O10/c1-40(2)20-14-21-41(3)22-15-23-42(4)24-16-25-43(5)26-17-27-44(6)28-18-29-45(7)30-19-31-46(8)34-35-48-47(9)55(65-53(59)36-51(57)63-38-61-10)49-32-12-13-33-50(49)56(48)66-54(60)37-52(58)64-39-62-11/h12-13,20,22,24,26,28,30,32-34H,14-19,21,23,25,27,29,31,35-39H2,1-11H3/b41-22+,42-24+,43-26+,44-28+,45-30+,46-34+. The predicted molar refractivity (Wildman–Crippen MR) is 266 cm³/mol. The van der Waals surface area contributed by atoms with Crippen molar-refractivity contribution in [2.24, 2.45) is 0 Å². The number of rotatable bonds is 30. The van der Waals surface area contributed by atoms with Gasteiger partial charge in [-0.25, -0.2) is 0 Å². The SMILES string of the molecule is COCOC(=O)CC(=O)Oc1c(C)c(C/C=C(\C)CC/C=C(\C)CC/C=C(\C)CC/C=C(\C)CC/C=C(\C)CC/C=C(\C)CCC=C(C)C)c(OC(=O)CC(=O)OCOC)c2ccccc12. The van der Waals surface area contributed by atoms with E-state index in [1.807, 2.05) is 0 Å². The van der Waals surface area contributed by atoms with Crippen molar-refractivity contribution in [2.45, 2.75) is 159 Å². The molecule has 0 unspecified atom stereocenters. The fourth-order valence-corrected chi connectivity index (χ4v) is 7.14. The lowest BCUT2D eigenvalue weighted by Gasteiger charge is -2.19. The van der Waals surface area contributed by atoms with Gasteiger partial charge in [0.05, 0.1) is 0 Å². The third-order valence-corrected chi connectivity index (χ3v) is 11.1. The predicted octanol–water partition coefficient (Wildman–Crippen LogP) is 13.9. The number of hydrogen-bond acceptors (Lipinski definition) is 10. The van der Waals surface area contributed by atoms with Crippen molar-refractivity contribution in [2.75, 3.05) is 27.8 Å². The van der Waals surface area contributed by atoms with E-state index in [0.717, 1.165) is 82.6 Å². The molecule has 0 bridgehead atoms. The van der Waals surface area contributed by atoms with Crippen molar-refractivity contribution in [3.63, 3.8) is 0 Å². The average molecular weight is 911 g/mol. The van der Waals surface area contributed by atoms with Crippen LogP contribution in [0, 0.1) is 6.92 Å². The fraction of sp³-hybridized carbons (Fsp3) is 0.500. The number of hydrogen-bond donors (Lipinski definition) is 0. The Morgan fingerprint density at radius 1 is 0.455 bits per heavy atom. The molecule has 2 rings (SSSR count). The van der Waals surface area contributed by atoms with Crippen molar-refractivity contribution >= 4 is 34.6 Å². The summed E-state index contributed by atoms with van der Waals surface area (Å²) in [5, 5.41) is 0.979. The van der Waals surface area contributed by atoms with E-state index >= 15 is 0 Å². The number of carbonyl (C=O) groups is 4. The van der Waals surface area contributed by atoms with Crippen molar-refractivity contribution in [3.8, 4) is 11.5 Å². The quantitative estimate of drug-likeness (QED) is 0.0246. The van der Waals surface area contributed by atoms with Gasteiger partial charge in [-0.05, 0) is 151 Å². The summed E-state index contributed by atoms with van der Waals surface area (Å²) in [4.78, 5) is 50.4. The Hall–Kier alpha value is -5.32. The van der Waals surface area contributed by atoms with Crippen LogP contribution in [0.15, 0.2) is 106 Å². The van der Waals surface area contributed by atoms with E-state index in [9.17, 15) is 19.2 Å². The zero-order chi connectivity index (χ0) is 48.9. The first-order valence-electron chi connectivity index (χ1n) is 23.4. The minimum atomic E-state index is -0.816. The van der Waals surface area contributed by atoms with Gasteiger partial charge in [-0.3, -0.25) is 19.2 Å². The number of esters is 4. The second kappa shape index (κ2) is 32.4. The van der Waals surface area contributed by atoms with Crippen LogP contribution >= 0.6 is 0 Å². The van der Waals surface area contributed by atoms with Gasteiger partial charge in [0, 0.05) is 30.6 Å². The van der Waals surface area contributed by atoms with E-state index in [2.05, 4.69) is 97.9 Å². The van der Waals surface area contributed by atoms with Gasteiger partial charge in [0.1, 0.15) is 24.3 Å². The molecule has 0 N–H and O–H groups in total. The smallest absolute Gasteiger partial charge is 0.322 e. The molecule has 66 heavy (non-hydrogen) atoms. The Labute approximate surface area is 395 Å². The molecular formula is C56H78O10. The highest BCUT2D eigenvalue weighted by Gasteiger charge is 2.24. The number of fused-ring (bicyclic) bond motifs is 1. The van der Waals surface area contributed by atoms with E-state index in [1.165, 1.54) is 47.7 Å². The lowest BCUT2D eigenvalue weighted by atomic mass is 9.95. The molecule has 10 nitrogen and oxygen atoms in total. The van der Waals surface area contributed by atoms with Gasteiger partial charge in [0.15, 0.2) is 13.6 Å². The van der Waals surface area contributed by atoms with Crippen molar-refractivity contribution in [1.29, 1.82) is 0 Å². The lowest BCUT2D eigenvalue weighted by molar-refractivity contribution is -0.160. The summed E-state index contributed by atoms with van der Waals surface area (Å²) in [7, 11) is 2.74. The van der Waals surface area contributed by atoms with E-state index in [0.29, 0.717) is 28.3 Å². The molecule has 10 heteroatoms. The number of allylic oxidation sites excluding steroid dienone is 14. The van der Waals surface area contributed by atoms with Crippen molar-refractivity contribution in [1.82, 2.24) is 0 Å². The first-order valence-corrected chi connectivity index (χ1v) is 23.4. The molecule has 2 aromatic rings. The van der Waals surface area contributed by atoms with Crippen LogP contribution in [0.25, 0.3) is 10.8 Å². The maximum Gasteiger partial charge on any atom is 0.322 e. The highest BCUT2D eigenvalue weighted by Crippen LogP contribution is 2.41. The highest BCUT2D eigenvalue weighted by atomic mass is 16.7. The zero-order valence-electron chi connectivity index (χ0n) is 42.0. The van der Waals surface area contributed by atoms with Gasteiger partial charge < -0.3 is 28.4 Å². The van der Waals surface area contributed by atoms with Crippen LogP contribution in [-0.2, 0) is 44.5 Å². The third-order valence-electron chi connectivity index (χ3n) is 11.1. The molecule has 0 heterocycles. The van der Waals surface area contributed by atoms with Crippen LogP contribution < -0.4 is 9.47 Å². The summed E-state index contributed by atoms with van der Waals surface area (Å²) in [5.41, 5.74) is 10.9. The molecule has 0 fully saturated rings. The zero-order valence-corrected chi connectivity index (χ0v) is 42.0. The number of benzene rings is 2. The lowest BCUT2D eigenvalue weighted by Crippen LogP contribution is -2.19. The Balaban J connectivity index is 2.02. The first kappa shape index (κ1) is 56.8. The summed E-state index contributed by atoms with van der Waals surface area (Å²) in [6, 6.07) is 6.99. The van der Waals surface area contributed by atoms with Crippen LogP contribution in [0.4, 0.5) is 0 Å². The normalized spacial score (nSPS) is 12.9. The molecule has 0 aromatic heterocycles. The maximum absolute atomic E-state index is 13.1. The topological polar surface area (TPSA) is 124 Å². The van der Waals surface area contributed by atoms with Gasteiger partial charge in [0.2, 0.25) is 0 Å². The van der Waals surface area contributed by atoms with Crippen LogP contribution in [0.2, 0.25) is 0 Å². The molecule has 362 valence electrons.